The van der Waals surface area contributed by atoms with Crippen LogP contribution >= 0.6 is 0 Å². The summed E-state index contributed by atoms with van der Waals surface area (Å²) in [4.78, 5) is 27.3. The summed E-state index contributed by atoms with van der Waals surface area (Å²) in [5.41, 5.74) is 10.6. The van der Waals surface area contributed by atoms with Crippen molar-refractivity contribution in [2.24, 2.45) is 23.0 Å². The third kappa shape index (κ3) is 6.91. The predicted molar refractivity (Wildman–Crippen MR) is 165 cm³/mol. The molecule has 39 heavy (non-hydrogen) atoms. The average molecular weight is 532 g/mol. The van der Waals surface area contributed by atoms with Crippen LogP contribution in [0.15, 0.2) is 36.4 Å². The van der Waals surface area contributed by atoms with Crippen LogP contribution in [0, 0.1) is 17.3 Å². The van der Waals surface area contributed by atoms with Crippen molar-refractivity contribution >= 4 is 11.6 Å². The number of fused-ring (bicyclic) bond motifs is 2. The Bertz CT molecular complexity index is 1220. The number of hydrogen-bond acceptors (Lipinski definition) is 3. The first-order chi connectivity index (χ1) is 17.8. The van der Waals surface area contributed by atoms with Gasteiger partial charge in [0.05, 0.1) is 0 Å². The summed E-state index contributed by atoms with van der Waals surface area (Å²) in [7, 11) is 0. The Labute approximate surface area is 238 Å². The van der Waals surface area contributed by atoms with Gasteiger partial charge in [-0.1, -0.05) is 80.9 Å². The molecule has 1 aliphatic carbocycles. The van der Waals surface area contributed by atoms with E-state index in [-0.39, 0.29) is 33.4 Å². The van der Waals surface area contributed by atoms with E-state index in [1.165, 1.54) is 0 Å². The number of carbonyl (C=O) groups is 2. The van der Waals surface area contributed by atoms with E-state index in [0.29, 0.717) is 34.1 Å². The smallest absolute Gasteiger partial charge is 0.194 e. The Morgan fingerprint density at radius 1 is 0.615 bits per heavy atom. The van der Waals surface area contributed by atoms with Gasteiger partial charge >= 0.3 is 0 Å². The molecule has 0 amide bonds. The van der Waals surface area contributed by atoms with Gasteiger partial charge in [0.1, 0.15) is 0 Å². The number of ketones is 2. The molecular formula is C36H53NO2. The zero-order valence-corrected chi connectivity index (χ0v) is 26.5. The highest BCUT2D eigenvalue weighted by molar-refractivity contribution is 6.28. The average Bonchev–Trinajstić information content (AvgIpc) is 2.83. The molecule has 214 valence electrons. The predicted octanol–water partition coefficient (Wildman–Crippen LogP) is 9.02. The summed E-state index contributed by atoms with van der Waals surface area (Å²) in [5.74, 6) is 0.948. The molecule has 1 aliphatic rings. The van der Waals surface area contributed by atoms with Crippen LogP contribution < -0.4 is 5.73 Å². The first-order valence-electron chi connectivity index (χ1n) is 14.9. The summed E-state index contributed by atoms with van der Waals surface area (Å²) in [6.07, 6.45) is 5.27. The summed E-state index contributed by atoms with van der Waals surface area (Å²) in [6, 6.07) is 11.8. The van der Waals surface area contributed by atoms with E-state index in [4.69, 9.17) is 5.73 Å². The fraction of sp³-hybridized carbons (Fsp3) is 0.611. The first kappa shape index (κ1) is 31.3. The van der Waals surface area contributed by atoms with Crippen molar-refractivity contribution in [3.63, 3.8) is 0 Å². The molecule has 3 heteroatoms. The largest absolute Gasteiger partial charge is 0.325 e. The van der Waals surface area contributed by atoms with Crippen LogP contribution in [0.25, 0.3) is 0 Å². The van der Waals surface area contributed by atoms with Gasteiger partial charge in [-0.15, -0.1) is 0 Å². The summed E-state index contributed by atoms with van der Waals surface area (Å²) in [5, 5.41) is 0. The second kappa shape index (κ2) is 11.0. The maximum absolute atomic E-state index is 13.9. The van der Waals surface area contributed by atoms with Gasteiger partial charge in [0.15, 0.2) is 11.6 Å². The normalized spacial score (nSPS) is 16.1. The van der Waals surface area contributed by atoms with Crippen molar-refractivity contribution in [1.29, 1.82) is 0 Å². The molecule has 0 aromatic heterocycles. The number of rotatable bonds is 10. The Morgan fingerprint density at radius 2 is 1.05 bits per heavy atom. The molecule has 0 fully saturated rings. The second-order valence-electron chi connectivity index (χ2n) is 15.4. The molecule has 0 bridgehead atoms. The molecule has 2 aromatic rings. The van der Waals surface area contributed by atoms with E-state index in [9.17, 15) is 9.59 Å². The minimum Gasteiger partial charge on any atom is -0.325 e. The highest BCUT2D eigenvalue weighted by atomic mass is 16.1. The van der Waals surface area contributed by atoms with Crippen molar-refractivity contribution in [2.45, 2.75) is 125 Å². The quantitative estimate of drug-likeness (QED) is 0.284. The lowest BCUT2D eigenvalue weighted by molar-refractivity contribution is 0.0978. The number of nitrogens with two attached hydrogens (primary N) is 1. The molecule has 0 spiro atoms. The molecular weight excluding hydrogens is 478 g/mol. The standard InChI is InChI=1S/C36H53NO2/c1-23(33(3,4)5)18-20-35(8,9)26-15-17-28-30(22-26)32(39)29-21-25(14-16-27(29)31(28)38)34(6,7)19-12-13-24(2)36(10,11)37/h14-17,21-24H,12-13,18-20,37H2,1-11H3. The molecule has 0 aliphatic heterocycles. The van der Waals surface area contributed by atoms with Gasteiger partial charge in [0.2, 0.25) is 0 Å². The first-order valence-corrected chi connectivity index (χ1v) is 14.9. The second-order valence-corrected chi connectivity index (χ2v) is 15.4. The summed E-state index contributed by atoms with van der Waals surface area (Å²) < 4.78 is 0. The highest BCUT2D eigenvalue weighted by Gasteiger charge is 2.34. The zero-order valence-electron chi connectivity index (χ0n) is 26.5. The van der Waals surface area contributed by atoms with Crippen LogP contribution in [0.3, 0.4) is 0 Å². The van der Waals surface area contributed by atoms with Crippen LogP contribution in [0.5, 0.6) is 0 Å². The molecule has 0 heterocycles. The number of hydrogen-bond donors (Lipinski definition) is 1. The number of benzene rings is 2. The van der Waals surface area contributed by atoms with E-state index in [2.05, 4.69) is 82.2 Å². The lowest BCUT2D eigenvalue weighted by Crippen LogP contribution is -2.39. The topological polar surface area (TPSA) is 60.2 Å². The van der Waals surface area contributed by atoms with Crippen LogP contribution in [0.2, 0.25) is 0 Å². The van der Waals surface area contributed by atoms with Crippen molar-refractivity contribution in [3.05, 3.63) is 69.8 Å². The molecule has 3 nitrogen and oxygen atoms in total. The SMILES string of the molecule is CC(CCC(C)(C)c1ccc2c(c1)C(=O)c1cc(C(C)(C)CCCC(C)C(C)(C)N)ccc1C2=O)C(C)(C)C. The van der Waals surface area contributed by atoms with E-state index >= 15 is 0 Å². The van der Waals surface area contributed by atoms with Crippen LogP contribution in [0.1, 0.15) is 151 Å². The van der Waals surface area contributed by atoms with Crippen LogP contribution in [-0.2, 0) is 10.8 Å². The van der Waals surface area contributed by atoms with E-state index in [1.807, 2.05) is 30.3 Å². The molecule has 2 unspecified atom stereocenters. The molecule has 0 radical (unpaired) electrons. The molecule has 2 atom stereocenters. The van der Waals surface area contributed by atoms with Crippen molar-refractivity contribution in [1.82, 2.24) is 0 Å². The lowest BCUT2D eigenvalue weighted by atomic mass is 9.72. The third-order valence-electron chi connectivity index (χ3n) is 9.97. The van der Waals surface area contributed by atoms with E-state index in [0.717, 1.165) is 43.2 Å². The van der Waals surface area contributed by atoms with Crippen LogP contribution in [-0.4, -0.2) is 17.1 Å². The maximum Gasteiger partial charge on any atom is 0.194 e. The Hall–Kier alpha value is -2.26. The molecule has 0 saturated carbocycles. The van der Waals surface area contributed by atoms with E-state index < -0.39 is 0 Å². The molecule has 2 N–H and O–H groups in total. The van der Waals surface area contributed by atoms with Gasteiger partial charge in [0, 0.05) is 27.8 Å². The molecule has 2 aromatic carbocycles. The van der Waals surface area contributed by atoms with E-state index in [1.54, 1.807) is 0 Å². The fourth-order valence-corrected chi connectivity index (χ4v) is 5.51. The lowest BCUT2D eigenvalue weighted by Gasteiger charge is -2.33. The number of carbonyl (C=O) groups excluding carboxylic acids is 2. The van der Waals surface area contributed by atoms with Gasteiger partial charge in [-0.2, -0.15) is 0 Å². The summed E-state index contributed by atoms with van der Waals surface area (Å²) in [6.45, 7) is 24.6. The van der Waals surface area contributed by atoms with Gasteiger partial charge in [-0.3, -0.25) is 9.59 Å². The van der Waals surface area contributed by atoms with Crippen LogP contribution in [0.4, 0.5) is 0 Å². The van der Waals surface area contributed by atoms with Gasteiger partial charge in [-0.05, 0) is 103 Å². The zero-order chi connectivity index (χ0) is 29.6. The monoisotopic (exact) mass is 531 g/mol. The van der Waals surface area contributed by atoms with Gasteiger partial charge < -0.3 is 5.73 Å². The van der Waals surface area contributed by atoms with Crippen molar-refractivity contribution in [3.8, 4) is 0 Å². The minimum atomic E-state index is -0.186. The maximum atomic E-state index is 13.9. The van der Waals surface area contributed by atoms with Crippen molar-refractivity contribution in [2.75, 3.05) is 0 Å². The van der Waals surface area contributed by atoms with Gasteiger partial charge in [0.25, 0.3) is 0 Å². The molecule has 3 rings (SSSR count). The van der Waals surface area contributed by atoms with Gasteiger partial charge in [-0.25, -0.2) is 0 Å². The highest BCUT2D eigenvalue weighted by Crippen LogP contribution is 2.39. The van der Waals surface area contributed by atoms with Crippen molar-refractivity contribution < 1.29 is 9.59 Å². The Morgan fingerprint density at radius 3 is 1.49 bits per heavy atom. The minimum absolute atomic E-state index is 0.0311. The Balaban J connectivity index is 1.86. The Kier molecular flexibility index (Phi) is 8.79. The summed E-state index contributed by atoms with van der Waals surface area (Å²) >= 11 is 0. The fourth-order valence-electron chi connectivity index (χ4n) is 5.51. The molecule has 0 saturated heterocycles. The third-order valence-corrected chi connectivity index (χ3v) is 9.97.